The number of hydrogen-bond donors (Lipinski definition) is 1. The molecule has 0 spiro atoms. The Bertz CT molecular complexity index is 683. The molecule has 0 unspecified atom stereocenters. The summed E-state index contributed by atoms with van der Waals surface area (Å²) in [6.45, 7) is 0. The van der Waals surface area contributed by atoms with Gasteiger partial charge in [0.2, 0.25) is 5.90 Å². The van der Waals surface area contributed by atoms with Gasteiger partial charge in [0.05, 0.1) is 0 Å². The van der Waals surface area contributed by atoms with E-state index in [1.54, 1.807) is 12.1 Å². The van der Waals surface area contributed by atoms with Crippen LogP contribution in [-0.4, -0.2) is 17.7 Å². The van der Waals surface area contributed by atoms with Crippen LogP contribution in [0.5, 0.6) is 0 Å². The number of hydrogen-bond acceptors (Lipinski definition) is 4. The van der Waals surface area contributed by atoms with E-state index in [-0.39, 0.29) is 11.7 Å². The third-order valence-electron chi connectivity index (χ3n) is 2.94. The number of amidine groups is 1. The minimum absolute atomic E-state index is 0.108. The Morgan fingerprint density at radius 2 is 1.50 bits per heavy atom. The van der Waals surface area contributed by atoms with Crippen molar-refractivity contribution in [3.8, 4) is 11.1 Å². The number of hydrazone groups is 1. The first-order valence-corrected chi connectivity index (χ1v) is 6.02. The van der Waals surface area contributed by atoms with E-state index in [9.17, 15) is 4.79 Å². The van der Waals surface area contributed by atoms with Crippen LogP contribution in [0.3, 0.4) is 0 Å². The molecule has 0 atom stereocenters. The number of carbonyl (C=O) groups is 1. The zero-order valence-corrected chi connectivity index (χ0v) is 10.5. The average molecular weight is 265 g/mol. The van der Waals surface area contributed by atoms with Gasteiger partial charge >= 0.3 is 5.97 Å². The molecule has 3 aliphatic rings. The van der Waals surface area contributed by atoms with Gasteiger partial charge in [0.25, 0.3) is 5.84 Å². The zero-order valence-electron chi connectivity index (χ0n) is 10.5. The van der Waals surface area contributed by atoms with Crippen molar-refractivity contribution in [2.75, 3.05) is 0 Å². The summed E-state index contributed by atoms with van der Waals surface area (Å²) < 4.78 is 4.85. The lowest BCUT2D eigenvalue weighted by Crippen LogP contribution is -2.10. The first-order chi connectivity index (χ1) is 9.78. The Morgan fingerprint density at radius 3 is 1.90 bits per heavy atom. The summed E-state index contributed by atoms with van der Waals surface area (Å²) in [5, 5.41) is 3.20. The number of fused-ring (bicyclic) bond motifs is 1. The van der Waals surface area contributed by atoms with Crippen LogP contribution >= 0.6 is 0 Å². The quantitative estimate of drug-likeness (QED) is 0.415. The van der Waals surface area contributed by atoms with Gasteiger partial charge in [0, 0.05) is 5.56 Å². The van der Waals surface area contributed by atoms with Crippen LogP contribution in [0.2, 0.25) is 0 Å². The van der Waals surface area contributed by atoms with E-state index >= 15 is 0 Å². The fourth-order valence-corrected chi connectivity index (χ4v) is 1.75. The van der Waals surface area contributed by atoms with E-state index in [0.29, 0.717) is 0 Å². The largest absolute Gasteiger partial charge is 0.401 e. The van der Waals surface area contributed by atoms with E-state index in [2.05, 4.69) is 34.4 Å². The van der Waals surface area contributed by atoms with Gasteiger partial charge in [0.15, 0.2) is 0 Å². The summed E-state index contributed by atoms with van der Waals surface area (Å²) in [5.74, 6) is 4.45. The molecule has 2 aliphatic carbocycles. The number of nitrogens with zero attached hydrogens (tertiary/aromatic N) is 2. The molecular weight excluding hydrogens is 254 g/mol. The molecule has 0 amide bonds. The van der Waals surface area contributed by atoms with Gasteiger partial charge in [0.1, 0.15) is 0 Å². The van der Waals surface area contributed by atoms with Crippen molar-refractivity contribution < 1.29 is 9.53 Å². The van der Waals surface area contributed by atoms with Crippen LogP contribution in [0.4, 0.5) is 0 Å². The Balaban J connectivity index is 0.000000165. The van der Waals surface area contributed by atoms with Crippen molar-refractivity contribution in [3.05, 3.63) is 60.2 Å². The van der Waals surface area contributed by atoms with Crippen molar-refractivity contribution in [1.29, 1.82) is 0 Å². The smallest absolute Gasteiger partial charge is 0.385 e. The first kappa shape index (κ1) is 12.1. The highest BCUT2D eigenvalue weighted by atomic mass is 16.6. The second-order valence-corrected chi connectivity index (χ2v) is 4.20. The number of cyclic esters (lactones) is 1. The number of esters is 1. The maximum absolute atomic E-state index is 11.0. The predicted molar refractivity (Wildman–Crippen MR) is 76.1 cm³/mol. The van der Waals surface area contributed by atoms with Gasteiger partial charge in [-0.1, -0.05) is 42.5 Å². The highest BCUT2D eigenvalue weighted by Gasteiger charge is 2.25. The molecule has 1 aromatic carbocycles. The van der Waals surface area contributed by atoms with Crippen LogP contribution in [0.25, 0.3) is 11.1 Å². The summed E-state index contributed by atoms with van der Waals surface area (Å²) in [7, 11) is 0. The number of nitrogens with two attached hydrogens (primary N) is 1. The molecule has 0 bridgehead atoms. The highest BCUT2D eigenvalue weighted by molar-refractivity contribution is 6.43. The number of ether oxygens (including phenoxy) is 1. The summed E-state index contributed by atoms with van der Waals surface area (Å²) >= 11 is 0. The topological polar surface area (TPSA) is 77.0 Å². The molecule has 5 nitrogen and oxygen atoms in total. The zero-order chi connectivity index (χ0) is 13.9. The van der Waals surface area contributed by atoms with E-state index < -0.39 is 5.97 Å². The molecule has 1 aliphatic heterocycles. The van der Waals surface area contributed by atoms with Crippen LogP contribution in [-0.2, 0) is 9.53 Å². The molecule has 1 aromatic rings. The van der Waals surface area contributed by atoms with E-state index in [0.717, 1.165) is 5.56 Å². The normalized spacial score (nSPS) is 16.1. The van der Waals surface area contributed by atoms with Gasteiger partial charge in [-0.3, -0.25) is 0 Å². The Morgan fingerprint density at radius 1 is 0.900 bits per heavy atom. The maximum Gasteiger partial charge on any atom is 0.385 e. The van der Waals surface area contributed by atoms with Crippen molar-refractivity contribution >= 4 is 17.7 Å². The highest BCUT2D eigenvalue weighted by Crippen LogP contribution is 2.29. The molecule has 1 heterocycles. The fraction of sp³-hybridized carbons (Fsp3) is 0. The number of rotatable bonds is 1. The van der Waals surface area contributed by atoms with Crippen LogP contribution in [0, 0.1) is 0 Å². The van der Waals surface area contributed by atoms with Gasteiger partial charge in [-0.05, 0) is 23.3 Å². The third-order valence-corrected chi connectivity index (χ3v) is 2.94. The Labute approximate surface area is 115 Å². The van der Waals surface area contributed by atoms with Crippen molar-refractivity contribution in [3.63, 3.8) is 0 Å². The van der Waals surface area contributed by atoms with Gasteiger partial charge in [-0.2, -0.15) is 10.1 Å². The van der Waals surface area contributed by atoms with Crippen molar-refractivity contribution in [2.45, 2.75) is 0 Å². The minimum Gasteiger partial charge on any atom is -0.401 e. The van der Waals surface area contributed by atoms with Crippen LogP contribution in [0.15, 0.2) is 64.7 Å². The third kappa shape index (κ3) is 2.16. The molecule has 20 heavy (non-hydrogen) atoms. The monoisotopic (exact) mass is 265 g/mol. The fourth-order valence-electron chi connectivity index (χ4n) is 1.75. The van der Waals surface area contributed by atoms with E-state index in [1.165, 1.54) is 11.1 Å². The van der Waals surface area contributed by atoms with Gasteiger partial charge < -0.3 is 10.6 Å². The predicted octanol–water partition coefficient (Wildman–Crippen LogP) is 1.93. The summed E-state index contributed by atoms with van der Waals surface area (Å²) in [4.78, 5) is 14.9. The summed E-state index contributed by atoms with van der Waals surface area (Å²) in [5.41, 5.74) is 3.57. The summed E-state index contributed by atoms with van der Waals surface area (Å²) in [6.07, 6.45) is 0. The lowest BCUT2D eigenvalue weighted by atomic mass is 9.95. The second kappa shape index (κ2) is 4.97. The van der Waals surface area contributed by atoms with Crippen molar-refractivity contribution in [2.24, 2.45) is 15.9 Å². The molecule has 0 aromatic heterocycles. The Kier molecular flexibility index (Phi) is 3.01. The number of carbonyl (C=O) groups excluding carboxylic acids is 1. The lowest BCUT2D eigenvalue weighted by molar-refractivity contribution is -0.127. The first-order valence-electron chi connectivity index (χ1n) is 6.02. The average Bonchev–Trinajstić information content (AvgIpc) is 2.85. The van der Waals surface area contributed by atoms with Gasteiger partial charge in [-0.25, -0.2) is 4.79 Å². The van der Waals surface area contributed by atoms with E-state index in [4.69, 9.17) is 10.6 Å². The van der Waals surface area contributed by atoms with E-state index in [1.807, 2.05) is 18.2 Å². The summed E-state index contributed by atoms with van der Waals surface area (Å²) in [6, 6.07) is 17.6. The Hall–Kier alpha value is -2.95. The molecule has 0 fully saturated rings. The van der Waals surface area contributed by atoms with Gasteiger partial charge in [-0.15, -0.1) is 0 Å². The standard InChI is InChI=1S/C9H7N3O2.C6H4/c10-12-7-9(13)14-8(11-7)6-4-2-1-3-5-6;1-2-6-4-3-5(1)6/h1-5H,10H2;1-4H. The SMILES string of the molecule is NN=C1N=C(c2ccccc2)OC1=O.c1cc2ccc1-2. The van der Waals surface area contributed by atoms with Crippen LogP contribution in [0.1, 0.15) is 5.56 Å². The molecule has 4 rings (SSSR count). The molecule has 5 heteroatoms. The second-order valence-electron chi connectivity index (χ2n) is 4.20. The molecular formula is C15H11N3O2. The maximum atomic E-state index is 11.0. The minimum atomic E-state index is -0.619. The number of aliphatic imine (C=N–C) groups is 1. The lowest BCUT2D eigenvalue weighted by Gasteiger charge is -2.10. The van der Waals surface area contributed by atoms with Crippen molar-refractivity contribution in [1.82, 2.24) is 0 Å². The number of benzene rings is 2. The molecule has 98 valence electrons. The molecule has 2 N–H and O–H groups in total. The molecule has 0 radical (unpaired) electrons. The van der Waals surface area contributed by atoms with Crippen LogP contribution < -0.4 is 5.84 Å². The molecule has 0 saturated heterocycles. The molecule has 0 saturated carbocycles.